The highest BCUT2D eigenvalue weighted by Gasteiger charge is 2.34. The maximum atomic E-state index is 13.4. The minimum atomic E-state index is -4.67. The first-order chi connectivity index (χ1) is 9.84. The zero-order valence-electron chi connectivity index (χ0n) is 10.9. The zero-order valence-corrected chi connectivity index (χ0v) is 10.9. The Hall–Kier alpha value is -2.37. The molecule has 0 aliphatic heterocycles. The highest BCUT2D eigenvalue weighted by atomic mass is 19.4. The number of alkyl halides is 3. The number of ether oxygens (including phenoxy) is 1. The SMILES string of the molecule is Cc1c(F)cccc1Oc1cccc(C(F)(F)F)c1C=O. The molecule has 0 bridgehead atoms. The lowest BCUT2D eigenvalue weighted by atomic mass is 10.1. The average molecular weight is 298 g/mol. The molecule has 110 valence electrons. The predicted octanol–water partition coefficient (Wildman–Crippen LogP) is 4.76. The first-order valence-corrected chi connectivity index (χ1v) is 5.93. The fraction of sp³-hybridized carbons (Fsp3) is 0.133. The summed E-state index contributed by atoms with van der Waals surface area (Å²) in [6, 6.07) is 7.12. The Kier molecular flexibility index (Phi) is 3.97. The third-order valence-corrected chi connectivity index (χ3v) is 2.93. The molecule has 0 aliphatic rings. The highest BCUT2D eigenvalue weighted by Crippen LogP contribution is 2.37. The normalized spacial score (nSPS) is 11.3. The number of hydrogen-bond acceptors (Lipinski definition) is 2. The van der Waals surface area contributed by atoms with Crippen molar-refractivity contribution in [2.24, 2.45) is 0 Å². The van der Waals surface area contributed by atoms with Gasteiger partial charge in [0.2, 0.25) is 0 Å². The number of hydrogen-bond donors (Lipinski definition) is 0. The predicted molar refractivity (Wildman–Crippen MR) is 68.0 cm³/mol. The summed E-state index contributed by atoms with van der Waals surface area (Å²) in [5.41, 5.74) is -1.57. The van der Waals surface area contributed by atoms with Gasteiger partial charge in [0.15, 0.2) is 6.29 Å². The molecule has 2 nitrogen and oxygen atoms in total. The molecule has 0 amide bonds. The van der Waals surface area contributed by atoms with E-state index in [0.717, 1.165) is 12.1 Å². The molecule has 0 atom stereocenters. The summed E-state index contributed by atoms with van der Waals surface area (Å²) >= 11 is 0. The molecule has 0 N–H and O–H groups in total. The van der Waals surface area contributed by atoms with Crippen molar-refractivity contribution in [1.29, 1.82) is 0 Å². The van der Waals surface area contributed by atoms with Crippen molar-refractivity contribution in [1.82, 2.24) is 0 Å². The van der Waals surface area contributed by atoms with Gasteiger partial charge in [0.25, 0.3) is 0 Å². The third kappa shape index (κ3) is 3.04. The van der Waals surface area contributed by atoms with Crippen LogP contribution in [-0.2, 0) is 6.18 Å². The second-order valence-corrected chi connectivity index (χ2v) is 4.30. The number of aldehydes is 1. The van der Waals surface area contributed by atoms with Crippen molar-refractivity contribution < 1.29 is 27.1 Å². The van der Waals surface area contributed by atoms with Gasteiger partial charge in [-0.25, -0.2) is 4.39 Å². The zero-order chi connectivity index (χ0) is 15.6. The number of carbonyl (C=O) groups is 1. The Labute approximate surface area is 118 Å². The second kappa shape index (κ2) is 5.55. The Balaban J connectivity index is 2.50. The van der Waals surface area contributed by atoms with Crippen LogP contribution < -0.4 is 4.74 Å². The molecule has 2 aromatic carbocycles. The van der Waals surface area contributed by atoms with Crippen molar-refractivity contribution in [2.75, 3.05) is 0 Å². The molecule has 0 radical (unpaired) electrons. The maximum absolute atomic E-state index is 13.4. The molecule has 0 fully saturated rings. The fourth-order valence-electron chi connectivity index (χ4n) is 1.82. The quantitative estimate of drug-likeness (QED) is 0.603. The van der Waals surface area contributed by atoms with Gasteiger partial charge < -0.3 is 4.74 Å². The molecule has 0 aromatic heterocycles. The number of rotatable bonds is 3. The molecule has 0 heterocycles. The van der Waals surface area contributed by atoms with Crippen molar-refractivity contribution in [3.63, 3.8) is 0 Å². The Morgan fingerprint density at radius 2 is 1.67 bits per heavy atom. The van der Waals surface area contributed by atoms with Crippen molar-refractivity contribution in [2.45, 2.75) is 13.1 Å². The molecule has 2 aromatic rings. The second-order valence-electron chi connectivity index (χ2n) is 4.30. The van der Waals surface area contributed by atoms with E-state index in [9.17, 15) is 22.4 Å². The van der Waals surface area contributed by atoms with Crippen molar-refractivity contribution >= 4 is 6.29 Å². The Morgan fingerprint density at radius 3 is 2.29 bits per heavy atom. The van der Waals surface area contributed by atoms with Crippen LogP contribution in [0, 0.1) is 12.7 Å². The summed E-state index contributed by atoms with van der Waals surface area (Å²) in [5, 5.41) is 0. The number of carbonyl (C=O) groups excluding carboxylic acids is 1. The molecule has 6 heteroatoms. The van der Waals surface area contributed by atoms with E-state index in [1.807, 2.05) is 0 Å². The maximum Gasteiger partial charge on any atom is 0.417 e. The van der Waals surface area contributed by atoms with Crippen LogP contribution in [0.3, 0.4) is 0 Å². The van der Waals surface area contributed by atoms with E-state index < -0.39 is 23.1 Å². The van der Waals surface area contributed by atoms with Crippen LogP contribution in [0.4, 0.5) is 17.6 Å². The summed E-state index contributed by atoms with van der Waals surface area (Å²) in [5.74, 6) is -0.766. The van der Waals surface area contributed by atoms with Crippen LogP contribution in [0.2, 0.25) is 0 Å². The van der Waals surface area contributed by atoms with E-state index in [4.69, 9.17) is 4.74 Å². The summed E-state index contributed by atoms with van der Waals surface area (Å²) in [6.07, 6.45) is -4.60. The first kappa shape index (κ1) is 15.0. The Bertz CT molecular complexity index is 678. The number of benzene rings is 2. The van der Waals surface area contributed by atoms with E-state index in [-0.39, 0.29) is 23.3 Å². The van der Waals surface area contributed by atoms with Crippen molar-refractivity contribution in [3.8, 4) is 11.5 Å². The summed E-state index contributed by atoms with van der Waals surface area (Å²) in [6.45, 7) is 1.43. The molecular formula is C15H10F4O2. The van der Waals surface area contributed by atoms with Crippen molar-refractivity contribution in [3.05, 3.63) is 58.9 Å². The third-order valence-electron chi connectivity index (χ3n) is 2.93. The minimum absolute atomic E-state index is 0.0532. The topological polar surface area (TPSA) is 26.3 Å². The summed E-state index contributed by atoms with van der Waals surface area (Å²) < 4.78 is 57.1. The van der Waals surface area contributed by atoms with Gasteiger partial charge in [-0.2, -0.15) is 13.2 Å². The van der Waals surface area contributed by atoms with Gasteiger partial charge in [-0.1, -0.05) is 12.1 Å². The van der Waals surface area contributed by atoms with Crippen LogP contribution in [0.25, 0.3) is 0 Å². The lowest BCUT2D eigenvalue weighted by molar-refractivity contribution is -0.137. The van der Waals surface area contributed by atoms with Gasteiger partial charge in [0.05, 0.1) is 11.1 Å². The lowest BCUT2D eigenvalue weighted by Crippen LogP contribution is -2.09. The van der Waals surface area contributed by atoms with Gasteiger partial charge in [0, 0.05) is 5.56 Å². The molecule has 0 saturated heterocycles. The van der Waals surface area contributed by atoms with Crippen LogP contribution >= 0.6 is 0 Å². The first-order valence-electron chi connectivity index (χ1n) is 5.93. The molecule has 21 heavy (non-hydrogen) atoms. The largest absolute Gasteiger partial charge is 0.456 e. The minimum Gasteiger partial charge on any atom is -0.456 e. The molecule has 2 rings (SSSR count). The summed E-state index contributed by atoms with van der Waals surface area (Å²) in [4.78, 5) is 11.0. The standard InChI is InChI=1S/C15H10F4O2/c1-9-12(16)5-3-6-13(9)21-14-7-2-4-11(10(14)8-20)15(17,18)19/h2-8H,1H3. The molecule has 0 spiro atoms. The van der Waals surface area contributed by atoms with Gasteiger partial charge in [0.1, 0.15) is 17.3 Å². The monoisotopic (exact) mass is 298 g/mol. The van der Waals surface area contributed by atoms with Gasteiger partial charge in [-0.15, -0.1) is 0 Å². The van der Waals surface area contributed by atoms with E-state index in [2.05, 4.69) is 0 Å². The van der Waals surface area contributed by atoms with Gasteiger partial charge in [-0.3, -0.25) is 4.79 Å². The van der Waals surface area contributed by atoms with Gasteiger partial charge >= 0.3 is 6.18 Å². The van der Waals surface area contributed by atoms with E-state index in [1.54, 1.807) is 0 Å². The van der Waals surface area contributed by atoms with Gasteiger partial charge in [-0.05, 0) is 31.2 Å². The van der Waals surface area contributed by atoms with E-state index in [1.165, 1.54) is 31.2 Å². The Morgan fingerprint density at radius 1 is 1.05 bits per heavy atom. The average Bonchev–Trinajstić information content (AvgIpc) is 2.42. The smallest absolute Gasteiger partial charge is 0.417 e. The van der Waals surface area contributed by atoms with Crippen LogP contribution in [0.5, 0.6) is 11.5 Å². The van der Waals surface area contributed by atoms with Crippen LogP contribution in [0.1, 0.15) is 21.5 Å². The molecule has 0 saturated carbocycles. The van der Waals surface area contributed by atoms with Crippen LogP contribution in [-0.4, -0.2) is 6.29 Å². The highest BCUT2D eigenvalue weighted by molar-refractivity contribution is 5.82. The molecular weight excluding hydrogens is 288 g/mol. The van der Waals surface area contributed by atoms with E-state index in [0.29, 0.717) is 0 Å². The molecule has 0 aliphatic carbocycles. The number of halogens is 4. The van der Waals surface area contributed by atoms with E-state index >= 15 is 0 Å². The lowest BCUT2D eigenvalue weighted by Gasteiger charge is -2.14. The summed E-state index contributed by atoms with van der Waals surface area (Å²) in [7, 11) is 0. The fourth-order valence-corrected chi connectivity index (χ4v) is 1.82. The molecule has 0 unspecified atom stereocenters. The van der Waals surface area contributed by atoms with Crippen LogP contribution in [0.15, 0.2) is 36.4 Å².